The van der Waals surface area contributed by atoms with E-state index in [0.717, 1.165) is 0 Å². The molecule has 0 unspecified atom stereocenters. The van der Waals surface area contributed by atoms with Crippen molar-refractivity contribution >= 4 is 0 Å². The van der Waals surface area contributed by atoms with Crippen molar-refractivity contribution in [1.29, 1.82) is 0 Å². The second-order valence-corrected chi connectivity index (χ2v) is 3.59. The molecule has 4 atom stereocenters. The molecule has 4 heteroatoms. The molecule has 1 saturated heterocycles. The SMILES string of the molecule is CC(C)[C@H]1OC[C@H](O)[C@@H](O)[C@@H]1O. The summed E-state index contributed by atoms with van der Waals surface area (Å²) in [5, 5.41) is 27.8. The van der Waals surface area contributed by atoms with Crippen LogP contribution in [0.1, 0.15) is 13.8 Å². The van der Waals surface area contributed by atoms with E-state index in [2.05, 4.69) is 0 Å². The van der Waals surface area contributed by atoms with Crippen LogP contribution in [0.4, 0.5) is 0 Å². The monoisotopic (exact) mass is 176 g/mol. The van der Waals surface area contributed by atoms with Crippen molar-refractivity contribution < 1.29 is 20.1 Å². The van der Waals surface area contributed by atoms with E-state index < -0.39 is 18.3 Å². The summed E-state index contributed by atoms with van der Waals surface area (Å²) in [6.45, 7) is 3.90. The average molecular weight is 176 g/mol. The van der Waals surface area contributed by atoms with Crippen LogP contribution in [0.3, 0.4) is 0 Å². The maximum Gasteiger partial charge on any atom is 0.111 e. The van der Waals surface area contributed by atoms with E-state index in [-0.39, 0.29) is 18.6 Å². The number of ether oxygens (including phenoxy) is 1. The second kappa shape index (κ2) is 3.70. The van der Waals surface area contributed by atoms with Gasteiger partial charge in [-0.15, -0.1) is 0 Å². The molecular weight excluding hydrogens is 160 g/mol. The van der Waals surface area contributed by atoms with E-state index in [1.807, 2.05) is 13.8 Å². The fourth-order valence-electron chi connectivity index (χ4n) is 1.42. The number of aliphatic hydroxyl groups is 3. The van der Waals surface area contributed by atoms with Crippen LogP contribution in [0.5, 0.6) is 0 Å². The van der Waals surface area contributed by atoms with Crippen molar-refractivity contribution in [1.82, 2.24) is 0 Å². The van der Waals surface area contributed by atoms with E-state index in [1.54, 1.807) is 0 Å². The molecule has 0 aromatic rings. The molecule has 0 radical (unpaired) electrons. The van der Waals surface area contributed by atoms with Crippen molar-refractivity contribution in [3.05, 3.63) is 0 Å². The topological polar surface area (TPSA) is 69.9 Å². The van der Waals surface area contributed by atoms with E-state index >= 15 is 0 Å². The summed E-state index contributed by atoms with van der Waals surface area (Å²) in [6.07, 6.45) is -3.39. The predicted octanol–water partition coefficient (Wildman–Crippen LogP) is -0.876. The smallest absolute Gasteiger partial charge is 0.111 e. The summed E-state index contributed by atoms with van der Waals surface area (Å²) in [4.78, 5) is 0. The van der Waals surface area contributed by atoms with E-state index in [1.165, 1.54) is 0 Å². The average Bonchev–Trinajstić information content (AvgIpc) is 2.00. The highest BCUT2D eigenvalue weighted by atomic mass is 16.5. The minimum atomic E-state index is -1.08. The van der Waals surface area contributed by atoms with Crippen molar-refractivity contribution in [3.63, 3.8) is 0 Å². The van der Waals surface area contributed by atoms with Gasteiger partial charge in [0.1, 0.15) is 18.3 Å². The fraction of sp³-hybridized carbons (Fsp3) is 1.00. The minimum absolute atomic E-state index is 0.0983. The van der Waals surface area contributed by atoms with Crippen LogP contribution in [0, 0.1) is 5.92 Å². The van der Waals surface area contributed by atoms with Gasteiger partial charge in [0.05, 0.1) is 12.7 Å². The van der Waals surface area contributed by atoms with E-state index in [4.69, 9.17) is 9.84 Å². The normalized spacial score (nSPS) is 43.5. The first-order valence-electron chi connectivity index (χ1n) is 4.20. The van der Waals surface area contributed by atoms with Gasteiger partial charge in [0, 0.05) is 0 Å². The molecule has 0 aromatic carbocycles. The molecular formula is C8H16O4. The van der Waals surface area contributed by atoms with Gasteiger partial charge in [-0.3, -0.25) is 0 Å². The van der Waals surface area contributed by atoms with Gasteiger partial charge in [0.25, 0.3) is 0 Å². The second-order valence-electron chi connectivity index (χ2n) is 3.59. The first kappa shape index (κ1) is 9.92. The fourth-order valence-corrected chi connectivity index (χ4v) is 1.42. The number of hydrogen-bond donors (Lipinski definition) is 3. The molecule has 0 amide bonds. The lowest BCUT2D eigenvalue weighted by molar-refractivity contribution is -0.197. The predicted molar refractivity (Wildman–Crippen MR) is 42.6 cm³/mol. The highest BCUT2D eigenvalue weighted by molar-refractivity contribution is 4.87. The summed E-state index contributed by atoms with van der Waals surface area (Å²) >= 11 is 0. The Morgan fingerprint density at radius 2 is 1.75 bits per heavy atom. The highest BCUT2D eigenvalue weighted by Gasteiger charge is 2.38. The van der Waals surface area contributed by atoms with Gasteiger partial charge in [-0.1, -0.05) is 13.8 Å². The van der Waals surface area contributed by atoms with Gasteiger partial charge in [-0.2, -0.15) is 0 Å². The number of aliphatic hydroxyl groups excluding tert-OH is 3. The van der Waals surface area contributed by atoms with Crippen molar-refractivity contribution in [2.75, 3.05) is 6.61 Å². The Bertz CT molecular complexity index is 148. The Morgan fingerprint density at radius 3 is 2.25 bits per heavy atom. The summed E-state index contributed by atoms with van der Waals surface area (Å²) in [5.41, 5.74) is 0. The Hall–Kier alpha value is -0.160. The molecule has 0 aromatic heterocycles. The zero-order valence-electron chi connectivity index (χ0n) is 7.34. The van der Waals surface area contributed by atoms with Gasteiger partial charge >= 0.3 is 0 Å². The third-order valence-corrected chi connectivity index (χ3v) is 2.20. The Balaban J connectivity index is 2.58. The lowest BCUT2D eigenvalue weighted by atomic mass is 9.93. The maximum atomic E-state index is 9.44. The Kier molecular flexibility index (Phi) is 3.06. The molecule has 1 aliphatic heterocycles. The molecule has 4 nitrogen and oxygen atoms in total. The van der Waals surface area contributed by atoms with Crippen LogP contribution in [0.25, 0.3) is 0 Å². The zero-order chi connectivity index (χ0) is 9.30. The third-order valence-electron chi connectivity index (χ3n) is 2.20. The van der Waals surface area contributed by atoms with Crippen molar-refractivity contribution in [2.24, 2.45) is 5.92 Å². The quantitative estimate of drug-likeness (QED) is 0.485. The first-order chi connectivity index (χ1) is 5.54. The van der Waals surface area contributed by atoms with Crippen LogP contribution in [-0.2, 0) is 4.74 Å². The molecule has 12 heavy (non-hydrogen) atoms. The first-order valence-corrected chi connectivity index (χ1v) is 4.20. The van der Waals surface area contributed by atoms with E-state index in [0.29, 0.717) is 0 Å². The molecule has 0 aliphatic carbocycles. The van der Waals surface area contributed by atoms with Crippen LogP contribution in [0.2, 0.25) is 0 Å². The highest BCUT2D eigenvalue weighted by Crippen LogP contribution is 2.20. The summed E-state index contributed by atoms with van der Waals surface area (Å²) in [6, 6.07) is 0. The summed E-state index contributed by atoms with van der Waals surface area (Å²) in [7, 11) is 0. The summed E-state index contributed by atoms with van der Waals surface area (Å²) in [5.74, 6) is 0.141. The van der Waals surface area contributed by atoms with Crippen LogP contribution < -0.4 is 0 Å². The minimum Gasteiger partial charge on any atom is -0.388 e. The Labute approximate surface area is 71.8 Å². The molecule has 0 spiro atoms. The standard InChI is InChI=1S/C8H16O4/c1-4(2)8-7(11)6(10)5(9)3-12-8/h4-11H,3H2,1-2H3/t5-,6+,7-,8+/m0/s1. The summed E-state index contributed by atoms with van der Waals surface area (Å²) < 4.78 is 5.17. The lowest BCUT2D eigenvalue weighted by Gasteiger charge is -2.37. The van der Waals surface area contributed by atoms with Gasteiger partial charge in [0.15, 0.2) is 0 Å². The van der Waals surface area contributed by atoms with Crippen molar-refractivity contribution in [3.8, 4) is 0 Å². The molecule has 1 fully saturated rings. The van der Waals surface area contributed by atoms with Gasteiger partial charge in [-0.05, 0) is 5.92 Å². The molecule has 1 aliphatic rings. The van der Waals surface area contributed by atoms with Gasteiger partial charge < -0.3 is 20.1 Å². The van der Waals surface area contributed by atoms with Crippen LogP contribution in [0.15, 0.2) is 0 Å². The number of hydrogen-bond acceptors (Lipinski definition) is 4. The molecule has 72 valence electrons. The Morgan fingerprint density at radius 1 is 1.17 bits per heavy atom. The van der Waals surface area contributed by atoms with Gasteiger partial charge in [-0.25, -0.2) is 0 Å². The molecule has 0 bridgehead atoms. The van der Waals surface area contributed by atoms with Crippen LogP contribution >= 0.6 is 0 Å². The molecule has 3 N–H and O–H groups in total. The lowest BCUT2D eigenvalue weighted by Crippen LogP contribution is -2.54. The molecule has 0 saturated carbocycles. The number of rotatable bonds is 1. The molecule has 1 heterocycles. The zero-order valence-corrected chi connectivity index (χ0v) is 7.34. The van der Waals surface area contributed by atoms with E-state index in [9.17, 15) is 10.2 Å². The molecule has 1 rings (SSSR count). The third kappa shape index (κ3) is 1.77. The van der Waals surface area contributed by atoms with Gasteiger partial charge in [0.2, 0.25) is 0 Å². The van der Waals surface area contributed by atoms with Crippen molar-refractivity contribution in [2.45, 2.75) is 38.3 Å². The maximum absolute atomic E-state index is 9.44. The largest absolute Gasteiger partial charge is 0.388 e. The van der Waals surface area contributed by atoms with Crippen LogP contribution in [-0.4, -0.2) is 46.3 Å².